The number of nitrogens with zero attached hydrogens (tertiary/aromatic N) is 1. The highest BCUT2D eigenvalue weighted by Gasteiger charge is 2.26. The molecule has 0 aliphatic carbocycles. The first-order chi connectivity index (χ1) is 13.0. The molecule has 138 valence electrons. The molecule has 8 heteroatoms. The number of carbonyl (C=O) groups excluding carboxylic acids is 2. The molecule has 1 aromatic heterocycles. The van der Waals surface area contributed by atoms with Gasteiger partial charge in [-0.2, -0.15) is 0 Å². The van der Waals surface area contributed by atoms with E-state index in [1.165, 1.54) is 25.1 Å². The lowest BCUT2D eigenvalue weighted by atomic mass is 10.1. The summed E-state index contributed by atoms with van der Waals surface area (Å²) in [6, 6.07) is 12.8. The van der Waals surface area contributed by atoms with Crippen LogP contribution in [0.3, 0.4) is 0 Å². The van der Waals surface area contributed by atoms with E-state index in [1.807, 2.05) is 0 Å². The van der Waals surface area contributed by atoms with E-state index in [4.69, 9.17) is 20.9 Å². The van der Waals surface area contributed by atoms with Gasteiger partial charge in [0.2, 0.25) is 0 Å². The number of halogens is 2. The molecule has 0 radical (unpaired) electrons. The van der Waals surface area contributed by atoms with Gasteiger partial charge < -0.3 is 14.6 Å². The van der Waals surface area contributed by atoms with Crippen molar-refractivity contribution in [1.29, 1.82) is 0 Å². The molecular formula is C19H14ClFN2O4. The number of carbonyl (C=O) groups is 2. The molecule has 6 nitrogen and oxygen atoms in total. The first-order valence-electron chi connectivity index (χ1n) is 7.90. The number of anilines is 1. The summed E-state index contributed by atoms with van der Waals surface area (Å²) in [5.41, 5.74) is 0.328. The number of para-hydroxylation sites is 1. The second-order valence-electron chi connectivity index (χ2n) is 5.55. The molecule has 0 spiro atoms. The van der Waals surface area contributed by atoms with Crippen molar-refractivity contribution in [2.24, 2.45) is 0 Å². The molecule has 0 saturated carbocycles. The summed E-state index contributed by atoms with van der Waals surface area (Å²) in [6.45, 7) is 0.953. The number of rotatable bonds is 5. The van der Waals surface area contributed by atoms with Crippen LogP contribution in [0.5, 0.6) is 0 Å². The molecule has 2 aromatic carbocycles. The van der Waals surface area contributed by atoms with Gasteiger partial charge in [-0.05, 0) is 31.2 Å². The van der Waals surface area contributed by atoms with Crippen molar-refractivity contribution in [3.05, 3.63) is 70.7 Å². The third-order valence-corrected chi connectivity index (χ3v) is 3.97. The minimum atomic E-state index is -0.869. The van der Waals surface area contributed by atoms with E-state index in [-0.39, 0.29) is 27.6 Å². The SMILES string of the molecule is Cc1onc(-c2c(F)cccc2Cl)c1C(=O)OCC(=O)Nc1ccccc1. The molecule has 3 aromatic rings. The molecule has 1 heterocycles. The molecule has 0 aliphatic heterocycles. The normalized spacial score (nSPS) is 10.5. The van der Waals surface area contributed by atoms with E-state index in [0.29, 0.717) is 5.69 Å². The van der Waals surface area contributed by atoms with Crippen LogP contribution >= 0.6 is 11.6 Å². The Morgan fingerprint density at radius 3 is 2.63 bits per heavy atom. The lowest BCUT2D eigenvalue weighted by Crippen LogP contribution is -2.21. The molecular weight excluding hydrogens is 375 g/mol. The van der Waals surface area contributed by atoms with Gasteiger partial charge in [-0.25, -0.2) is 9.18 Å². The molecule has 0 aliphatic rings. The van der Waals surface area contributed by atoms with Gasteiger partial charge in [-0.3, -0.25) is 4.79 Å². The maximum Gasteiger partial charge on any atom is 0.344 e. The van der Waals surface area contributed by atoms with Gasteiger partial charge in [0.25, 0.3) is 5.91 Å². The van der Waals surface area contributed by atoms with Gasteiger partial charge in [0.05, 0.1) is 10.6 Å². The van der Waals surface area contributed by atoms with Gasteiger partial charge in [0.15, 0.2) is 6.61 Å². The summed E-state index contributed by atoms with van der Waals surface area (Å²) in [5.74, 6) is -1.93. The first kappa shape index (κ1) is 18.6. The third kappa shape index (κ3) is 4.15. The topological polar surface area (TPSA) is 81.4 Å². The van der Waals surface area contributed by atoms with Crippen LogP contribution in [0, 0.1) is 12.7 Å². The van der Waals surface area contributed by atoms with E-state index in [0.717, 1.165) is 0 Å². The molecule has 0 atom stereocenters. The quantitative estimate of drug-likeness (QED) is 0.661. The average molecular weight is 389 g/mol. The number of aryl methyl sites for hydroxylation is 1. The maximum absolute atomic E-state index is 14.2. The Morgan fingerprint density at radius 1 is 1.19 bits per heavy atom. The fraction of sp³-hybridized carbons (Fsp3) is 0.105. The van der Waals surface area contributed by atoms with Gasteiger partial charge in [0, 0.05) is 5.69 Å². The Kier molecular flexibility index (Phi) is 5.52. The van der Waals surface area contributed by atoms with E-state index in [2.05, 4.69) is 10.5 Å². The molecule has 0 fully saturated rings. The number of hydrogen-bond acceptors (Lipinski definition) is 5. The van der Waals surface area contributed by atoms with Crippen LogP contribution in [0.4, 0.5) is 10.1 Å². The number of ether oxygens (including phenoxy) is 1. The fourth-order valence-corrected chi connectivity index (χ4v) is 2.68. The van der Waals surface area contributed by atoms with Crippen molar-refractivity contribution < 1.29 is 23.2 Å². The minimum Gasteiger partial charge on any atom is -0.452 e. The van der Waals surface area contributed by atoms with E-state index in [1.54, 1.807) is 30.3 Å². The average Bonchev–Trinajstić information content (AvgIpc) is 3.02. The Hall–Kier alpha value is -3.19. The summed E-state index contributed by atoms with van der Waals surface area (Å²) in [6.07, 6.45) is 0. The Bertz CT molecular complexity index is 968. The smallest absolute Gasteiger partial charge is 0.344 e. The summed E-state index contributed by atoms with van der Waals surface area (Å²) in [7, 11) is 0. The van der Waals surface area contributed by atoms with Crippen LogP contribution in [-0.2, 0) is 9.53 Å². The summed E-state index contributed by atoms with van der Waals surface area (Å²) in [5, 5.41) is 6.38. The highest BCUT2D eigenvalue weighted by atomic mass is 35.5. The zero-order valence-corrected chi connectivity index (χ0v) is 14.9. The first-order valence-corrected chi connectivity index (χ1v) is 8.28. The number of aromatic nitrogens is 1. The predicted molar refractivity (Wildman–Crippen MR) is 97.0 cm³/mol. The second-order valence-corrected chi connectivity index (χ2v) is 5.96. The highest BCUT2D eigenvalue weighted by Crippen LogP contribution is 2.33. The number of nitrogens with one attached hydrogen (secondary N) is 1. The molecule has 0 unspecified atom stereocenters. The Labute approximate surface area is 158 Å². The zero-order chi connectivity index (χ0) is 19.4. The van der Waals surface area contributed by atoms with E-state index in [9.17, 15) is 14.0 Å². The molecule has 1 N–H and O–H groups in total. The number of esters is 1. The third-order valence-electron chi connectivity index (χ3n) is 3.66. The lowest BCUT2D eigenvalue weighted by Gasteiger charge is -2.08. The van der Waals surface area contributed by atoms with Crippen molar-refractivity contribution in [3.63, 3.8) is 0 Å². The van der Waals surface area contributed by atoms with Gasteiger partial charge in [-0.15, -0.1) is 0 Å². The van der Waals surface area contributed by atoms with Crippen LogP contribution in [0.1, 0.15) is 16.1 Å². The Morgan fingerprint density at radius 2 is 1.93 bits per heavy atom. The summed E-state index contributed by atoms with van der Waals surface area (Å²) >= 11 is 6.03. The maximum atomic E-state index is 14.2. The van der Waals surface area contributed by atoms with E-state index < -0.39 is 24.3 Å². The van der Waals surface area contributed by atoms with Crippen molar-refractivity contribution >= 4 is 29.2 Å². The van der Waals surface area contributed by atoms with Gasteiger partial charge in [0.1, 0.15) is 22.8 Å². The number of amides is 1. The van der Waals surface area contributed by atoms with Crippen molar-refractivity contribution in [1.82, 2.24) is 5.16 Å². The number of hydrogen-bond donors (Lipinski definition) is 1. The minimum absolute atomic E-state index is 0.0687. The highest BCUT2D eigenvalue weighted by molar-refractivity contribution is 6.33. The molecule has 1 amide bonds. The van der Waals surface area contributed by atoms with Gasteiger partial charge >= 0.3 is 5.97 Å². The van der Waals surface area contributed by atoms with E-state index >= 15 is 0 Å². The monoisotopic (exact) mass is 388 g/mol. The standard InChI is InChI=1S/C19H14ClFN2O4/c1-11-16(18(23-27-11)17-13(20)8-5-9-14(17)21)19(25)26-10-15(24)22-12-6-3-2-4-7-12/h2-9H,10H2,1H3,(H,22,24). The second kappa shape index (κ2) is 8.01. The summed E-state index contributed by atoms with van der Waals surface area (Å²) < 4.78 is 24.2. The van der Waals surface area contributed by atoms with Crippen molar-refractivity contribution in [2.75, 3.05) is 11.9 Å². The van der Waals surface area contributed by atoms with Crippen LogP contribution in [-0.4, -0.2) is 23.6 Å². The molecule has 0 saturated heterocycles. The van der Waals surface area contributed by atoms with Crippen LogP contribution in [0.25, 0.3) is 11.3 Å². The van der Waals surface area contributed by atoms with Crippen molar-refractivity contribution in [3.8, 4) is 11.3 Å². The number of benzene rings is 2. The predicted octanol–water partition coefficient (Wildman–Crippen LogP) is 4.24. The van der Waals surface area contributed by atoms with Crippen LogP contribution in [0.2, 0.25) is 5.02 Å². The fourth-order valence-electron chi connectivity index (χ4n) is 2.43. The van der Waals surface area contributed by atoms with Crippen LogP contribution < -0.4 is 5.32 Å². The Balaban J connectivity index is 1.76. The van der Waals surface area contributed by atoms with Crippen molar-refractivity contribution in [2.45, 2.75) is 6.92 Å². The lowest BCUT2D eigenvalue weighted by molar-refractivity contribution is -0.119. The van der Waals surface area contributed by atoms with Gasteiger partial charge in [-0.1, -0.05) is 41.0 Å². The molecule has 27 heavy (non-hydrogen) atoms. The van der Waals surface area contributed by atoms with Crippen LogP contribution in [0.15, 0.2) is 53.1 Å². The molecule has 3 rings (SSSR count). The largest absolute Gasteiger partial charge is 0.452 e. The summed E-state index contributed by atoms with van der Waals surface area (Å²) in [4.78, 5) is 24.4. The molecule has 0 bridgehead atoms. The zero-order valence-electron chi connectivity index (χ0n) is 14.2.